The van der Waals surface area contributed by atoms with Crippen LogP contribution < -0.4 is 10.6 Å². The molecule has 4 nitrogen and oxygen atoms in total. The van der Waals surface area contributed by atoms with E-state index in [0.29, 0.717) is 16.6 Å². The third kappa shape index (κ3) is 4.72. The molecule has 0 spiro atoms. The van der Waals surface area contributed by atoms with Crippen molar-refractivity contribution in [3.05, 3.63) is 46.1 Å². The van der Waals surface area contributed by atoms with E-state index >= 15 is 0 Å². The topological polar surface area (TPSA) is 40.4 Å². The molecule has 2 N–H and O–H groups in total. The van der Waals surface area contributed by atoms with E-state index in [1.807, 2.05) is 18.2 Å². The predicted octanol–water partition coefficient (Wildman–Crippen LogP) is 3.25. The molecule has 1 fully saturated rings. The third-order valence-corrected chi connectivity index (χ3v) is 4.53. The maximum absolute atomic E-state index is 6.21. The zero-order valence-corrected chi connectivity index (χ0v) is 14.5. The Balaban J connectivity index is 1.50. The molecule has 1 aromatic heterocycles. The molecule has 0 amide bonds. The standard InChI is InChI=1S/C17H21Cl2N3O/c18-13-1-3-16(19)15(11-13)17-4-2-14(23-17)12-21-7-10-22-8-5-20-6-9-22/h1-4,11,20-21H,5-10,12H2. The van der Waals surface area contributed by atoms with Crippen LogP contribution in [0.25, 0.3) is 11.3 Å². The number of piperazine rings is 1. The van der Waals surface area contributed by atoms with Crippen LogP contribution in [0.15, 0.2) is 34.7 Å². The number of rotatable bonds is 6. The Hall–Kier alpha value is -1.04. The molecule has 0 saturated carbocycles. The molecule has 2 heterocycles. The van der Waals surface area contributed by atoms with Crippen molar-refractivity contribution in [3.8, 4) is 11.3 Å². The number of hydrogen-bond acceptors (Lipinski definition) is 4. The van der Waals surface area contributed by atoms with E-state index in [2.05, 4.69) is 15.5 Å². The first kappa shape index (κ1) is 16.8. The third-order valence-electron chi connectivity index (χ3n) is 3.97. The quantitative estimate of drug-likeness (QED) is 0.782. The van der Waals surface area contributed by atoms with Gasteiger partial charge in [-0.3, -0.25) is 4.90 Å². The summed E-state index contributed by atoms with van der Waals surface area (Å²) in [6, 6.07) is 9.29. The number of hydrogen-bond donors (Lipinski definition) is 2. The summed E-state index contributed by atoms with van der Waals surface area (Å²) in [6.07, 6.45) is 0. The van der Waals surface area contributed by atoms with Crippen LogP contribution in [0.2, 0.25) is 10.0 Å². The van der Waals surface area contributed by atoms with Crippen LogP contribution in [0.4, 0.5) is 0 Å². The minimum Gasteiger partial charge on any atom is -0.460 e. The zero-order chi connectivity index (χ0) is 16.1. The van der Waals surface area contributed by atoms with E-state index in [1.54, 1.807) is 12.1 Å². The van der Waals surface area contributed by atoms with Gasteiger partial charge in [-0.2, -0.15) is 0 Å². The minimum atomic E-state index is 0.641. The summed E-state index contributed by atoms with van der Waals surface area (Å²) in [5.74, 6) is 1.65. The largest absolute Gasteiger partial charge is 0.460 e. The lowest BCUT2D eigenvalue weighted by molar-refractivity contribution is 0.240. The van der Waals surface area contributed by atoms with E-state index in [1.165, 1.54) is 0 Å². The van der Waals surface area contributed by atoms with Gasteiger partial charge < -0.3 is 15.1 Å². The Bertz CT molecular complexity index is 639. The molecule has 23 heavy (non-hydrogen) atoms. The van der Waals surface area contributed by atoms with Gasteiger partial charge in [-0.1, -0.05) is 23.2 Å². The summed E-state index contributed by atoms with van der Waals surface area (Å²) in [4.78, 5) is 2.46. The number of benzene rings is 1. The molecule has 1 aromatic carbocycles. The molecule has 0 aliphatic carbocycles. The SMILES string of the molecule is Clc1ccc(Cl)c(-c2ccc(CNCCN3CCNCC3)o2)c1. The first-order chi connectivity index (χ1) is 11.2. The Labute approximate surface area is 146 Å². The lowest BCUT2D eigenvalue weighted by Gasteiger charge is -2.27. The Kier molecular flexibility index (Phi) is 5.97. The summed E-state index contributed by atoms with van der Waals surface area (Å²) in [7, 11) is 0. The van der Waals surface area contributed by atoms with E-state index in [4.69, 9.17) is 27.6 Å². The highest BCUT2D eigenvalue weighted by Gasteiger charge is 2.10. The highest BCUT2D eigenvalue weighted by atomic mass is 35.5. The van der Waals surface area contributed by atoms with Gasteiger partial charge in [0.1, 0.15) is 11.5 Å². The molecular weight excluding hydrogens is 333 g/mol. The molecular formula is C17H21Cl2N3O. The van der Waals surface area contributed by atoms with Gasteiger partial charge >= 0.3 is 0 Å². The highest BCUT2D eigenvalue weighted by molar-refractivity contribution is 6.35. The van der Waals surface area contributed by atoms with Crippen molar-refractivity contribution in [1.82, 2.24) is 15.5 Å². The van der Waals surface area contributed by atoms with Crippen molar-refractivity contribution in [2.24, 2.45) is 0 Å². The molecule has 0 bridgehead atoms. The maximum atomic E-state index is 6.21. The molecule has 6 heteroatoms. The van der Waals surface area contributed by atoms with Crippen LogP contribution in [-0.2, 0) is 6.54 Å². The number of nitrogens with zero attached hydrogens (tertiary/aromatic N) is 1. The van der Waals surface area contributed by atoms with E-state index in [-0.39, 0.29) is 0 Å². The predicted molar refractivity (Wildman–Crippen MR) is 95.2 cm³/mol. The van der Waals surface area contributed by atoms with E-state index < -0.39 is 0 Å². The molecule has 124 valence electrons. The van der Waals surface area contributed by atoms with Crippen molar-refractivity contribution in [2.75, 3.05) is 39.3 Å². The average Bonchev–Trinajstić information content (AvgIpc) is 3.03. The van der Waals surface area contributed by atoms with Gasteiger partial charge in [0.2, 0.25) is 0 Å². The summed E-state index contributed by atoms with van der Waals surface area (Å²) in [5, 5.41) is 8.08. The maximum Gasteiger partial charge on any atom is 0.135 e. The average molecular weight is 354 g/mol. The summed E-state index contributed by atoms with van der Waals surface area (Å²) in [6.45, 7) is 7.15. The second kappa shape index (κ2) is 8.18. The molecule has 1 aliphatic heterocycles. The van der Waals surface area contributed by atoms with Crippen LogP contribution in [0.1, 0.15) is 5.76 Å². The first-order valence-corrected chi connectivity index (χ1v) is 8.66. The Morgan fingerprint density at radius 2 is 1.96 bits per heavy atom. The highest BCUT2D eigenvalue weighted by Crippen LogP contribution is 2.31. The van der Waals surface area contributed by atoms with Crippen LogP contribution in [0.5, 0.6) is 0 Å². The fourth-order valence-electron chi connectivity index (χ4n) is 2.69. The molecule has 0 atom stereocenters. The smallest absolute Gasteiger partial charge is 0.135 e. The van der Waals surface area contributed by atoms with Gasteiger partial charge in [-0.25, -0.2) is 0 Å². The molecule has 3 rings (SSSR count). The Morgan fingerprint density at radius 3 is 2.78 bits per heavy atom. The minimum absolute atomic E-state index is 0.641. The van der Waals surface area contributed by atoms with Gasteiger partial charge in [0, 0.05) is 49.9 Å². The summed E-state index contributed by atoms with van der Waals surface area (Å²) >= 11 is 12.2. The number of nitrogens with one attached hydrogen (secondary N) is 2. The normalized spacial score (nSPS) is 15.9. The van der Waals surface area contributed by atoms with Crippen molar-refractivity contribution in [1.29, 1.82) is 0 Å². The van der Waals surface area contributed by atoms with Crippen LogP contribution >= 0.6 is 23.2 Å². The van der Waals surface area contributed by atoms with Crippen LogP contribution in [0.3, 0.4) is 0 Å². The van der Waals surface area contributed by atoms with Gasteiger partial charge in [0.05, 0.1) is 11.6 Å². The molecule has 1 aliphatic rings. The lowest BCUT2D eigenvalue weighted by atomic mass is 10.2. The molecule has 0 radical (unpaired) electrons. The van der Waals surface area contributed by atoms with Crippen molar-refractivity contribution in [3.63, 3.8) is 0 Å². The van der Waals surface area contributed by atoms with Gasteiger partial charge in [-0.15, -0.1) is 0 Å². The first-order valence-electron chi connectivity index (χ1n) is 7.90. The summed E-state index contributed by atoms with van der Waals surface area (Å²) in [5.41, 5.74) is 0.825. The van der Waals surface area contributed by atoms with Crippen molar-refractivity contribution < 1.29 is 4.42 Å². The van der Waals surface area contributed by atoms with E-state index in [9.17, 15) is 0 Å². The van der Waals surface area contributed by atoms with Gasteiger partial charge in [-0.05, 0) is 30.3 Å². The second-order valence-electron chi connectivity index (χ2n) is 5.66. The number of furan rings is 1. The van der Waals surface area contributed by atoms with Crippen molar-refractivity contribution >= 4 is 23.2 Å². The van der Waals surface area contributed by atoms with Gasteiger partial charge in [0.15, 0.2) is 0 Å². The summed E-state index contributed by atoms with van der Waals surface area (Å²) < 4.78 is 5.87. The second-order valence-corrected chi connectivity index (χ2v) is 6.50. The number of halogens is 2. The van der Waals surface area contributed by atoms with Crippen LogP contribution in [0, 0.1) is 0 Å². The zero-order valence-electron chi connectivity index (χ0n) is 12.9. The molecule has 1 saturated heterocycles. The van der Waals surface area contributed by atoms with Crippen LogP contribution in [-0.4, -0.2) is 44.2 Å². The fourth-order valence-corrected chi connectivity index (χ4v) is 3.07. The van der Waals surface area contributed by atoms with Crippen molar-refractivity contribution in [2.45, 2.75) is 6.54 Å². The monoisotopic (exact) mass is 353 g/mol. The van der Waals surface area contributed by atoms with Gasteiger partial charge in [0.25, 0.3) is 0 Å². The molecule has 2 aromatic rings. The Morgan fingerprint density at radius 1 is 1.13 bits per heavy atom. The lowest BCUT2D eigenvalue weighted by Crippen LogP contribution is -2.45. The molecule has 0 unspecified atom stereocenters. The fraction of sp³-hybridized carbons (Fsp3) is 0.412. The van der Waals surface area contributed by atoms with E-state index in [0.717, 1.165) is 56.4 Å².